The van der Waals surface area contributed by atoms with Crippen molar-refractivity contribution in [1.29, 1.82) is 0 Å². The van der Waals surface area contributed by atoms with Crippen LogP contribution in [-0.2, 0) is 4.79 Å². The molecule has 1 aliphatic heterocycles. The maximum Gasteiger partial charge on any atom is 0.220 e. The first-order chi connectivity index (χ1) is 5.27. The van der Waals surface area contributed by atoms with Crippen LogP contribution < -0.4 is 5.32 Å². The van der Waals surface area contributed by atoms with E-state index in [1.54, 1.807) is 0 Å². The highest BCUT2D eigenvalue weighted by Crippen LogP contribution is 2.50. The Bertz CT molecular complexity index is 190. The molecule has 2 heteroatoms. The van der Waals surface area contributed by atoms with Gasteiger partial charge in [0.05, 0.1) is 0 Å². The van der Waals surface area contributed by atoms with Crippen LogP contribution in [0.25, 0.3) is 0 Å². The fourth-order valence-electron chi connectivity index (χ4n) is 2.34. The lowest BCUT2D eigenvalue weighted by Crippen LogP contribution is -2.42. The van der Waals surface area contributed by atoms with Crippen LogP contribution in [0.2, 0.25) is 0 Å². The monoisotopic (exact) mass is 153 g/mol. The number of amides is 1. The minimum atomic E-state index is 0.268. The highest BCUT2D eigenvalue weighted by atomic mass is 16.1. The minimum Gasteiger partial charge on any atom is -0.350 e. The first-order valence-corrected chi connectivity index (χ1v) is 4.58. The van der Waals surface area contributed by atoms with Crippen LogP contribution >= 0.6 is 0 Å². The molecule has 0 radical (unpaired) electrons. The Balaban J connectivity index is 2.00. The summed E-state index contributed by atoms with van der Waals surface area (Å²) in [6.07, 6.45) is 5.52. The summed E-state index contributed by atoms with van der Waals surface area (Å²) in [7, 11) is 0. The lowest BCUT2D eigenvalue weighted by atomic mass is 9.99. The molecule has 1 heterocycles. The first kappa shape index (κ1) is 7.14. The number of carbonyl (C=O) groups excluding carboxylic acids is 1. The van der Waals surface area contributed by atoms with Crippen molar-refractivity contribution in [3.63, 3.8) is 0 Å². The molecule has 0 aromatic heterocycles. The average molecular weight is 153 g/mol. The van der Waals surface area contributed by atoms with Crippen molar-refractivity contribution in [1.82, 2.24) is 5.32 Å². The van der Waals surface area contributed by atoms with E-state index in [0.717, 1.165) is 18.8 Å². The summed E-state index contributed by atoms with van der Waals surface area (Å²) in [5.41, 5.74) is 0.268. The Hall–Kier alpha value is -0.530. The van der Waals surface area contributed by atoms with Gasteiger partial charge in [0.2, 0.25) is 5.91 Å². The van der Waals surface area contributed by atoms with Crippen LogP contribution in [-0.4, -0.2) is 11.4 Å². The third-order valence-corrected chi connectivity index (χ3v) is 3.14. The van der Waals surface area contributed by atoms with Crippen LogP contribution in [0.4, 0.5) is 0 Å². The molecular weight excluding hydrogens is 138 g/mol. The first-order valence-electron chi connectivity index (χ1n) is 4.58. The van der Waals surface area contributed by atoms with Gasteiger partial charge in [0, 0.05) is 12.0 Å². The average Bonchev–Trinajstić information content (AvgIpc) is 2.63. The van der Waals surface area contributed by atoms with Crippen LogP contribution in [0.3, 0.4) is 0 Å². The second-order valence-corrected chi connectivity index (χ2v) is 3.87. The summed E-state index contributed by atoms with van der Waals surface area (Å²) in [5.74, 6) is 1.05. The van der Waals surface area contributed by atoms with Crippen molar-refractivity contribution < 1.29 is 4.79 Å². The molecule has 1 N–H and O–H groups in total. The summed E-state index contributed by atoms with van der Waals surface area (Å²) in [6.45, 7) is 2.21. The number of carbonyl (C=O) groups is 1. The third kappa shape index (κ3) is 1.05. The van der Waals surface area contributed by atoms with Gasteiger partial charge in [-0.1, -0.05) is 13.3 Å². The molecule has 1 saturated carbocycles. The van der Waals surface area contributed by atoms with Gasteiger partial charge in [0.25, 0.3) is 0 Å². The Morgan fingerprint density at radius 3 is 3.09 bits per heavy atom. The van der Waals surface area contributed by atoms with E-state index in [2.05, 4.69) is 12.2 Å². The Morgan fingerprint density at radius 1 is 1.73 bits per heavy atom. The van der Waals surface area contributed by atoms with Gasteiger partial charge in [0.15, 0.2) is 0 Å². The van der Waals surface area contributed by atoms with Gasteiger partial charge in [-0.15, -0.1) is 0 Å². The molecule has 62 valence electrons. The number of piperidine rings is 1. The molecule has 0 aromatic carbocycles. The number of rotatable bonds is 1. The minimum absolute atomic E-state index is 0.268. The summed E-state index contributed by atoms with van der Waals surface area (Å²) in [5, 5.41) is 3.13. The second kappa shape index (κ2) is 2.23. The zero-order valence-corrected chi connectivity index (χ0v) is 7.02. The quantitative estimate of drug-likeness (QED) is 0.607. The molecule has 1 amide bonds. The molecule has 2 aliphatic rings. The van der Waals surface area contributed by atoms with E-state index in [1.807, 2.05) is 0 Å². The molecule has 2 unspecified atom stereocenters. The summed E-state index contributed by atoms with van der Waals surface area (Å²) in [4.78, 5) is 11.1. The third-order valence-electron chi connectivity index (χ3n) is 3.14. The van der Waals surface area contributed by atoms with Gasteiger partial charge >= 0.3 is 0 Å². The van der Waals surface area contributed by atoms with E-state index in [9.17, 15) is 4.79 Å². The van der Waals surface area contributed by atoms with Crippen molar-refractivity contribution >= 4 is 5.91 Å². The lowest BCUT2D eigenvalue weighted by molar-refractivity contribution is -0.123. The van der Waals surface area contributed by atoms with Gasteiger partial charge < -0.3 is 5.32 Å². The van der Waals surface area contributed by atoms with Crippen molar-refractivity contribution in [2.45, 2.75) is 44.6 Å². The standard InChI is InChI=1S/C9H15NO/c1-2-7-6-9(7)5-3-4-8(11)10-9/h7H,2-6H2,1H3,(H,10,11). The van der Waals surface area contributed by atoms with E-state index in [4.69, 9.17) is 0 Å². The van der Waals surface area contributed by atoms with E-state index in [-0.39, 0.29) is 11.4 Å². The molecular formula is C9H15NO. The van der Waals surface area contributed by atoms with E-state index in [0.29, 0.717) is 0 Å². The molecule has 1 saturated heterocycles. The largest absolute Gasteiger partial charge is 0.350 e. The maximum atomic E-state index is 11.1. The fourth-order valence-corrected chi connectivity index (χ4v) is 2.34. The van der Waals surface area contributed by atoms with Crippen molar-refractivity contribution in [3.05, 3.63) is 0 Å². The maximum absolute atomic E-state index is 11.1. The zero-order valence-electron chi connectivity index (χ0n) is 7.02. The summed E-state index contributed by atoms with van der Waals surface area (Å²) < 4.78 is 0. The highest BCUT2D eigenvalue weighted by Gasteiger charge is 2.54. The van der Waals surface area contributed by atoms with Gasteiger partial charge in [0.1, 0.15) is 0 Å². The molecule has 2 fully saturated rings. The van der Waals surface area contributed by atoms with Gasteiger partial charge in [-0.3, -0.25) is 4.79 Å². The van der Waals surface area contributed by atoms with Crippen molar-refractivity contribution in [2.75, 3.05) is 0 Å². The zero-order chi connectivity index (χ0) is 7.90. The lowest BCUT2D eigenvalue weighted by Gasteiger charge is -2.24. The Morgan fingerprint density at radius 2 is 2.55 bits per heavy atom. The predicted molar refractivity (Wildman–Crippen MR) is 43.1 cm³/mol. The van der Waals surface area contributed by atoms with Crippen molar-refractivity contribution in [3.8, 4) is 0 Å². The Kier molecular flexibility index (Phi) is 1.44. The second-order valence-electron chi connectivity index (χ2n) is 3.87. The van der Waals surface area contributed by atoms with E-state index in [1.165, 1.54) is 19.3 Å². The van der Waals surface area contributed by atoms with Crippen molar-refractivity contribution in [2.24, 2.45) is 5.92 Å². The molecule has 1 aliphatic carbocycles. The van der Waals surface area contributed by atoms with E-state index < -0.39 is 0 Å². The van der Waals surface area contributed by atoms with Crippen LogP contribution in [0.15, 0.2) is 0 Å². The summed E-state index contributed by atoms with van der Waals surface area (Å²) in [6, 6.07) is 0. The van der Waals surface area contributed by atoms with Crippen LogP contribution in [0.1, 0.15) is 39.0 Å². The van der Waals surface area contributed by atoms with E-state index >= 15 is 0 Å². The van der Waals surface area contributed by atoms with Gasteiger partial charge in [-0.05, 0) is 25.2 Å². The number of nitrogens with one attached hydrogen (secondary N) is 1. The SMILES string of the molecule is CCC1CC12CCCC(=O)N2. The summed E-state index contributed by atoms with van der Waals surface area (Å²) >= 11 is 0. The Labute approximate surface area is 67.4 Å². The molecule has 2 atom stereocenters. The fraction of sp³-hybridized carbons (Fsp3) is 0.889. The normalized spacial score (nSPS) is 42.3. The van der Waals surface area contributed by atoms with Gasteiger partial charge in [-0.25, -0.2) is 0 Å². The topological polar surface area (TPSA) is 29.1 Å². The van der Waals surface area contributed by atoms with Crippen LogP contribution in [0, 0.1) is 5.92 Å². The molecule has 1 spiro atoms. The number of hydrogen-bond acceptors (Lipinski definition) is 1. The predicted octanol–water partition coefficient (Wildman–Crippen LogP) is 1.46. The van der Waals surface area contributed by atoms with Crippen LogP contribution in [0.5, 0.6) is 0 Å². The molecule has 2 rings (SSSR count). The molecule has 11 heavy (non-hydrogen) atoms. The molecule has 0 bridgehead atoms. The smallest absolute Gasteiger partial charge is 0.220 e. The molecule has 0 aromatic rings. The van der Waals surface area contributed by atoms with Gasteiger partial charge in [-0.2, -0.15) is 0 Å². The number of hydrogen-bond donors (Lipinski definition) is 1. The molecule has 2 nitrogen and oxygen atoms in total. The highest BCUT2D eigenvalue weighted by molar-refractivity contribution is 5.78.